The predicted molar refractivity (Wildman–Crippen MR) is 63.9 cm³/mol. The van der Waals surface area contributed by atoms with Crippen molar-refractivity contribution in [2.45, 2.75) is 6.92 Å². The minimum Gasteiger partial charge on any atom is -0.373 e. The number of hydrogen-bond acceptors (Lipinski definition) is 2. The molecule has 0 aliphatic heterocycles. The van der Waals surface area contributed by atoms with Gasteiger partial charge in [0.05, 0.1) is 5.69 Å². The molecule has 82 valence electrons. The van der Waals surface area contributed by atoms with Crippen LogP contribution in [-0.2, 0) is 0 Å². The van der Waals surface area contributed by atoms with Crippen LogP contribution in [0.1, 0.15) is 5.56 Å². The maximum absolute atomic E-state index is 13.3. The highest BCUT2D eigenvalue weighted by atomic mass is 19.1. The molecule has 1 heterocycles. The maximum Gasteiger partial charge on any atom is 0.126 e. The van der Waals surface area contributed by atoms with Gasteiger partial charge in [-0.2, -0.15) is 0 Å². The maximum atomic E-state index is 13.3. The van der Waals surface area contributed by atoms with Crippen LogP contribution in [0.25, 0.3) is 11.3 Å². The molecule has 0 aliphatic carbocycles. The fraction of sp³-hybridized carbons (Fsp3) is 0.154. The van der Waals surface area contributed by atoms with Gasteiger partial charge in [-0.1, -0.05) is 6.07 Å². The largest absolute Gasteiger partial charge is 0.373 e. The van der Waals surface area contributed by atoms with Gasteiger partial charge in [-0.15, -0.1) is 0 Å². The van der Waals surface area contributed by atoms with Crippen LogP contribution in [0.2, 0.25) is 0 Å². The van der Waals surface area contributed by atoms with E-state index >= 15 is 0 Å². The van der Waals surface area contributed by atoms with Crippen molar-refractivity contribution in [3.05, 3.63) is 47.8 Å². The van der Waals surface area contributed by atoms with Gasteiger partial charge in [0.1, 0.15) is 11.6 Å². The van der Waals surface area contributed by atoms with Crippen LogP contribution in [0.15, 0.2) is 36.4 Å². The van der Waals surface area contributed by atoms with E-state index in [-0.39, 0.29) is 5.82 Å². The molecular weight excluding hydrogens is 203 g/mol. The van der Waals surface area contributed by atoms with Crippen molar-refractivity contribution in [1.29, 1.82) is 0 Å². The molecular formula is C13H13FN2. The van der Waals surface area contributed by atoms with Gasteiger partial charge in [0.25, 0.3) is 0 Å². The van der Waals surface area contributed by atoms with Gasteiger partial charge in [0.2, 0.25) is 0 Å². The van der Waals surface area contributed by atoms with Gasteiger partial charge < -0.3 is 5.32 Å². The molecule has 0 spiro atoms. The van der Waals surface area contributed by atoms with Crippen molar-refractivity contribution in [3.63, 3.8) is 0 Å². The van der Waals surface area contributed by atoms with Crippen molar-refractivity contribution in [1.82, 2.24) is 4.98 Å². The van der Waals surface area contributed by atoms with Crippen LogP contribution in [0.4, 0.5) is 10.2 Å². The first-order chi connectivity index (χ1) is 7.69. The first kappa shape index (κ1) is 10.6. The lowest BCUT2D eigenvalue weighted by Gasteiger charge is -2.05. The van der Waals surface area contributed by atoms with Crippen LogP contribution in [0.3, 0.4) is 0 Å². The summed E-state index contributed by atoms with van der Waals surface area (Å²) < 4.78 is 13.3. The lowest BCUT2D eigenvalue weighted by Crippen LogP contribution is -1.93. The predicted octanol–water partition coefficient (Wildman–Crippen LogP) is 3.24. The number of halogens is 1. The summed E-state index contributed by atoms with van der Waals surface area (Å²) in [5.41, 5.74) is 2.47. The Labute approximate surface area is 94.2 Å². The van der Waals surface area contributed by atoms with E-state index in [1.807, 2.05) is 38.2 Å². The highest BCUT2D eigenvalue weighted by Crippen LogP contribution is 2.21. The van der Waals surface area contributed by atoms with Crippen LogP contribution in [0.5, 0.6) is 0 Å². The van der Waals surface area contributed by atoms with Gasteiger partial charge >= 0.3 is 0 Å². The third-order valence-corrected chi connectivity index (χ3v) is 2.34. The summed E-state index contributed by atoms with van der Waals surface area (Å²) in [5, 5.41) is 2.96. The number of aromatic nitrogens is 1. The summed E-state index contributed by atoms with van der Waals surface area (Å²) in [6.07, 6.45) is 0. The molecule has 2 nitrogen and oxygen atoms in total. The van der Waals surface area contributed by atoms with Crippen molar-refractivity contribution in [2.24, 2.45) is 0 Å². The minimum absolute atomic E-state index is 0.230. The topological polar surface area (TPSA) is 24.9 Å². The first-order valence-corrected chi connectivity index (χ1v) is 5.11. The molecule has 0 unspecified atom stereocenters. The standard InChI is InChI=1S/C13H13FN2/c1-9-6-10(8-11(14)7-9)12-4-3-5-13(15-2)16-12/h3-8H,1-2H3,(H,15,16). The molecule has 0 atom stereocenters. The van der Waals surface area contributed by atoms with Crippen molar-refractivity contribution in [3.8, 4) is 11.3 Å². The zero-order chi connectivity index (χ0) is 11.5. The Balaban J connectivity index is 2.49. The molecule has 0 aliphatic rings. The monoisotopic (exact) mass is 216 g/mol. The second-order valence-corrected chi connectivity index (χ2v) is 3.68. The molecule has 1 aromatic heterocycles. The van der Waals surface area contributed by atoms with E-state index in [0.29, 0.717) is 0 Å². The first-order valence-electron chi connectivity index (χ1n) is 5.11. The van der Waals surface area contributed by atoms with Crippen molar-refractivity contribution in [2.75, 3.05) is 12.4 Å². The fourth-order valence-corrected chi connectivity index (χ4v) is 1.62. The lowest BCUT2D eigenvalue weighted by atomic mass is 10.1. The summed E-state index contributed by atoms with van der Waals surface area (Å²) in [5.74, 6) is 0.547. The average Bonchev–Trinajstić information content (AvgIpc) is 2.28. The number of hydrogen-bond donors (Lipinski definition) is 1. The van der Waals surface area contributed by atoms with E-state index in [1.54, 1.807) is 0 Å². The normalized spacial score (nSPS) is 10.2. The molecule has 3 heteroatoms. The quantitative estimate of drug-likeness (QED) is 0.833. The van der Waals surface area contributed by atoms with Crippen LogP contribution in [0, 0.1) is 12.7 Å². The second-order valence-electron chi connectivity index (χ2n) is 3.68. The molecule has 2 aromatic rings. The Bertz CT molecular complexity index is 489. The highest BCUT2D eigenvalue weighted by molar-refractivity contribution is 5.62. The Kier molecular flexibility index (Phi) is 2.86. The van der Waals surface area contributed by atoms with E-state index < -0.39 is 0 Å². The molecule has 1 N–H and O–H groups in total. The molecule has 0 saturated carbocycles. The van der Waals surface area contributed by atoms with Gasteiger partial charge in [-0.25, -0.2) is 9.37 Å². The van der Waals surface area contributed by atoms with Crippen LogP contribution < -0.4 is 5.32 Å². The number of nitrogens with zero attached hydrogens (tertiary/aromatic N) is 1. The van der Waals surface area contributed by atoms with Gasteiger partial charge in [-0.3, -0.25) is 0 Å². The van der Waals surface area contributed by atoms with Crippen molar-refractivity contribution >= 4 is 5.82 Å². The molecule has 0 radical (unpaired) electrons. The summed E-state index contributed by atoms with van der Waals surface area (Å²) in [6, 6.07) is 10.6. The molecule has 0 amide bonds. The number of anilines is 1. The number of nitrogens with one attached hydrogen (secondary N) is 1. The molecule has 0 saturated heterocycles. The van der Waals surface area contributed by atoms with Gasteiger partial charge in [-0.05, 0) is 42.8 Å². The Hall–Kier alpha value is -1.90. The van der Waals surface area contributed by atoms with Gasteiger partial charge in [0, 0.05) is 12.6 Å². The lowest BCUT2D eigenvalue weighted by molar-refractivity contribution is 0.627. The fourth-order valence-electron chi connectivity index (χ4n) is 1.62. The van der Waals surface area contributed by atoms with E-state index in [9.17, 15) is 4.39 Å². The van der Waals surface area contributed by atoms with E-state index in [0.717, 1.165) is 22.6 Å². The SMILES string of the molecule is CNc1cccc(-c2cc(C)cc(F)c2)n1. The highest BCUT2D eigenvalue weighted by Gasteiger charge is 2.03. The third-order valence-electron chi connectivity index (χ3n) is 2.34. The molecule has 0 fully saturated rings. The second kappa shape index (κ2) is 4.31. The van der Waals surface area contributed by atoms with E-state index in [1.165, 1.54) is 12.1 Å². The van der Waals surface area contributed by atoms with E-state index in [2.05, 4.69) is 10.3 Å². The molecule has 2 rings (SSSR count). The zero-order valence-corrected chi connectivity index (χ0v) is 9.29. The van der Waals surface area contributed by atoms with E-state index in [4.69, 9.17) is 0 Å². The van der Waals surface area contributed by atoms with Crippen LogP contribution in [-0.4, -0.2) is 12.0 Å². The molecule has 0 bridgehead atoms. The molecule has 1 aromatic carbocycles. The minimum atomic E-state index is -0.230. The van der Waals surface area contributed by atoms with Gasteiger partial charge in [0.15, 0.2) is 0 Å². The molecule has 16 heavy (non-hydrogen) atoms. The number of rotatable bonds is 2. The zero-order valence-electron chi connectivity index (χ0n) is 9.29. The average molecular weight is 216 g/mol. The Morgan fingerprint density at radius 3 is 2.69 bits per heavy atom. The summed E-state index contributed by atoms with van der Waals surface area (Å²) >= 11 is 0. The Morgan fingerprint density at radius 1 is 1.19 bits per heavy atom. The third kappa shape index (κ3) is 2.19. The number of benzene rings is 1. The summed E-state index contributed by atoms with van der Waals surface area (Å²) in [6.45, 7) is 1.87. The Morgan fingerprint density at radius 2 is 2.00 bits per heavy atom. The van der Waals surface area contributed by atoms with Crippen LogP contribution >= 0.6 is 0 Å². The van der Waals surface area contributed by atoms with Crippen molar-refractivity contribution < 1.29 is 4.39 Å². The summed E-state index contributed by atoms with van der Waals surface area (Å²) in [7, 11) is 1.81. The number of aryl methyl sites for hydroxylation is 1. The summed E-state index contributed by atoms with van der Waals surface area (Å²) in [4.78, 5) is 4.37. The number of pyridine rings is 1. The smallest absolute Gasteiger partial charge is 0.126 e.